The van der Waals surface area contributed by atoms with Crippen LogP contribution in [0.4, 0.5) is 0 Å². The Morgan fingerprint density at radius 2 is 1.92 bits per heavy atom. The van der Waals surface area contributed by atoms with Crippen LogP contribution in [0.1, 0.15) is 61.9 Å². The molecule has 3 aromatic rings. The van der Waals surface area contributed by atoms with E-state index in [1.54, 1.807) is 0 Å². The number of para-hydroxylation sites is 1. The number of methoxy groups -OCH3 is 1. The van der Waals surface area contributed by atoms with Gasteiger partial charge in [0.1, 0.15) is 0 Å². The summed E-state index contributed by atoms with van der Waals surface area (Å²) >= 11 is 0. The van der Waals surface area contributed by atoms with Gasteiger partial charge in [0.25, 0.3) is 0 Å². The topological polar surface area (TPSA) is 43.7 Å². The van der Waals surface area contributed by atoms with E-state index in [2.05, 4.69) is 99.0 Å². The number of benzene rings is 2. The average molecular weight is 547 g/mol. The van der Waals surface area contributed by atoms with Crippen LogP contribution in [-0.4, -0.2) is 50.6 Å². The molecule has 1 aliphatic rings. The molecule has 5 nitrogen and oxygen atoms in total. The first kappa shape index (κ1) is 29.3. The number of fused-ring (bicyclic) bond motifs is 2. The van der Waals surface area contributed by atoms with E-state index in [9.17, 15) is 4.79 Å². The zero-order chi connectivity index (χ0) is 28.2. The molecule has 0 spiro atoms. The minimum atomic E-state index is -1.75. The fourth-order valence-corrected chi connectivity index (χ4v) is 6.54. The lowest BCUT2D eigenvalue weighted by atomic mass is 10.0. The van der Waals surface area contributed by atoms with Crippen molar-refractivity contribution in [2.75, 3.05) is 26.8 Å². The number of hydrogen-bond acceptors (Lipinski definition) is 4. The summed E-state index contributed by atoms with van der Waals surface area (Å²) in [6.07, 6.45) is 9.88. The van der Waals surface area contributed by atoms with E-state index in [-0.39, 0.29) is 11.0 Å². The number of aromatic nitrogens is 1. The SMILES string of the molecule is COC(=O)/C=C/c1ccc2c(c1)CCC2N(CCCO[Si](C)(C)C(C)(C)C)CCc1cn(C)c2ccccc12. The number of nitrogens with zero attached hydrogens (tertiary/aromatic N) is 2. The normalized spacial score (nSPS) is 15.9. The molecule has 0 N–H and O–H groups in total. The second kappa shape index (κ2) is 12.2. The van der Waals surface area contributed by atoms with Crippen molar-refractivity contribution in [3.8, 4) is 0 Å². The molecule has 4 rings (SSSR count). The lowest BCUT2D eigenvalue weighted by Gasteiger charge is -2.36. The molecule has 1 aliphatic carbocycles. The first-order chi connectivity index (χ1) is 18.5. The van der Waals surface area contributed by atoms with E-state index in [1.807, 2.05) is 6.08 Å². The Kier molecular flexibility index (Phi) is 9.20. The van der Waals surface area contributed by atoms with E-state index >= 15 is 0 Å². The standard InChI is InChI=1S/C33H46N2O3Si/c1-33(2,3)39(6,7)38-22-10-20-35(21-19-27-24-34(4)30-12-9-8-11-28(27)30)31-17-15-26-23-25(13-16-29(26)31)14-18-32(36)37-5/h8-9,11-14,16,18,23-24,31H,10,15,17,19-22H2,1-7H3/b18-14+. The predicted molar refractivity (Wildman–Crippen MR) is 165 cm³/mol. The second-order valence-corrected chi connectivity index (χ2v) is 17.2. The lowest BCUT2D eigenvalue weighted by molar-refractivity contribution is -0.134. The van der Waals surface area contributed by atoms with Crippen molar-refractivity contribution in [2.45, 2.75) is 70.6 Å². The van der Waals surface area contributed by atoms with Gasteiger partial charge in [-0.1, -0.05) is 57.2 Å². The summed E-state index contributed by atoms with van der Waals surface area (Å²) in [6, 6.07) is 15.7. The summed E-state index contributed by atoms with van der Waals surface area (Å²) in [7, 11) is 1.80. The van der Waals surface area contributed by atoms with Gasteiger partial charge in [-0.15, -0.1) is 0 Å². The van der Waals surface area contributed by atoms with E-state index in [4.69, 9.17) is 9.16 Å². The fourth-order valence-electron chi connectivity index (χ4n) is 5.45. The van der Waals surface area contributed by atoms with Crippen molar-refractivity contribution in [3.63, 3.8) is 0 Å². The third-order valence-electron chi connectivity index (χ3n) is 8.77. The van der Waals surface area contributed by atoms with E-state index < -0.39 is 8.32 Å². The van der Waals surface area contributed by atoms with Crippen LogP contribution >= 0.6 is 0 Å². The number of carbonyl (C=O) groups excluding carboxylic acids is 1. The van der Waals surface area contributed by atoms with Crippen molar-refractivity contribution in [3.05, 3.63) is 77.0 Å². The summed E-state index contributed by atoms with van der Waals surface area (Å²) in [5, 5.41) is 1.58. The molecule has 1 unspecified atom stereocenters. The maximum Gasteiger partial charge on any atom is 0.330 e. The molecule has 1 aromatic heterocycles. The highest BCUT2D eigenvalue weighted by molar-refractivity contribution is 6.74. The third kappa shape index (κ3) is 6.92. The summed E-state index contributed by atoms with van der Waals surface area (Å²) < 4.78 is 13.5. The first-order valence-electron chi connectivity index (χ1n) is 14.3. The Balaban J connectivity index is 1.50. The zero-order valence-corrected chi connectivity index (χ0v) is 25.9. The monoisotopic (exact) mass is 546 g/mol. The van der Waals surface area contributed by atoms with Gasteiger partial charge in [-0.3, -0.25) is 4.90 Å². The predicted octanol–water partition coefficient (Wildman–Crippen LogP) is 7.31. The largest absolute Gasteiger partial charge is 0.466 e. The summed E-state index contributed by atoms with van der Waals surface area (Å²) in [5.41, 5.74) is 6.57. The fraction of sp³-hybridized carbons (Fsp3) is 0.485. The Hall–Kier alpha value is -2.67. The molecule has 0 aliphatic heterocycles. The Morgan fingerprint density at radius 1 is 1.15 bits per heavy atom. The van der Waals surface area contributed by atoms with E-state index in [1.165, 1.54) is 40.8 Å². The van der Waals surface area contributed by atoms with Crippen molar-refractivity contribution in [1.29, 1.82) is 0 Å². The van der Waals surface area contributed by atoms with Gasteiger partial charge in [0.15, 0.2) is 8.32 Å². The molecule has 210 valence electrons. The van der Waals surface area contributed by atoms with E-state index in [0.29, 0.717) is 6.04 Å². The maximum atomic E-state index is 11.5. The maximum absolute atomic E-state index is 11.5. The number of hydrogen-bond donors (Lipinski definition) is 0. The van der Waals surface area contributed by atoms with Gasteiger partial charge < -0.3 is 13.7 Å². The number of ether oxygens (including phenoxy) is 1. The van der Waals surface area contributed by atoms with Gasteiger partial charge in [0.05, 0.1) is 7.11 Å². The number of carbonyl (C=O) groups is 1. The number of rotatable bonds is 11. The Bertz CT molecular complexity index is 1320. The summed E-state index contributed by atoms with van der Waals surface area (Å²) in [5.74, 6) is -0.326. The molecule has 0 saturated carbocycles. The van der Waals surface area contributed by atoms with Gasteiger partial charge in [0, 0.05) is 56.0 Å². The molecule has 0 saturated heterocycles. The van der Waals surface area contributed by atoms with Crippen LogP contribution in [0.25, 0.3) is 17.0 Å². The molecule has 0 radical (unpaired) electrons. The molecule has 1 heterocycles. The zero-order valence-electron chi connectivity index (χ0n) is 24.9. The highest BCUT2D eigenvalue weighted by Gasteiger charge is 2.37. The summed E-state index contributed by atoms with van der Waals surface area (Å²) in [4.78, 5) is 14.2. The van der Waals surface area contributed by atoms with Crippen LogP contribution in [0.15, 0.2) is 54.7 Å². The molecule has 0 bridgehead atoms. The Morgan fingerprint density at radius 3 is 2.67 bits per heavy atom. The molecular formula is C33H46N2O3Si. The van der Waals surface area contributed by atoms with Crippen LogP contribution in [0.2, 0.25) is 18.1 Å². The molecule has 1 atom stereocenters. The second-order valence-electron chi connectivity index (χ2n) is 12.4. The van der Waals surface area contributed by atoms with Gasteiger partial charge in [-0.25, -0.2) is 4.79 Å². The average Bonchev–Trinajstić information content (AvgIpc) is 3.46. The van der Waals surface area contributed by atoms with Crippen LogP contribution in [0.3, 0.4) is 0 Å². The van der Waals surface area contributed by atoms with Crippen molar-refractivity contribution in [2.24, 2.45) is 7.05 Å². The van der Waals surface area contributed by atoms with E-state index in [0.717, 1.165) is 50.9 Å². The quantitative estimate of drug-likeness (QED) is 0.109. The molecular weight excluding hydrogens is 500 g/mol. The third-order valence-corrected chi connectivity index (χ3v) is 13.3. The van der Waals surface area contributed by atoms with Gasteiger partial charge in [0.2, 0.25) is 0 Å². The van der Waals surface area contributed by atoms with Crippen LogP contribution < -0.4 is 0 Å². The van der Waals surface area contributed by atoms with Gasteiger partial charge in [-0.05, 0) is 78.2 Å². The minimum absolute atomic E-state index is 0.228. The van der Waals surface area contributed by atoms with Crippen LogP contribution in [-0.2, 0) is 33.8 Å². The van der Waals surface area contributed by atoms with Gasteiger partial charge in [-0.2, -0.15) is 0 Å². The highest BCUT2D eigenvalue weighted by atomic mass is 28.4. The molecule has 6 heteroatoms. The van der Waals surface area contributed by atoms with Crippen molar-refractivity contribution in [1.82, 2.24) is 9.47 Å². The molecule has 0 fully saturated rings. The van der Waals surface area contributed by atoms with Crippen LogP contribution in [0, 0.1) is 0 Å². The minimum Gasteiger partial charge on any atom is -0.466 e. The number of esters is 1. The first-order valence-corrected chi connectivity index (χ1v) is 17.2. The number of aryl methyl sites for hydroxylation is 2. The van der Waals surface area contributed by atoms with Crippen LogP contribution in [0.5, 0.6) is 0 Å². The van der Waals surface area contributed by atoms with Gasteiger partial charge >= 0.3 is 5.97 Å². The lowest BCUT2D eigenvalue weighted by Crippen LogP contribution is -2.41. The Labute approximate surface area is 235 Å². The molecule has 0 amide bonds. The molecule has 2 aromatic carbocycles. The van der Waals surface area contributed by atoms with Crippen molar-refractivity contribution >= 4 is 31.3 Å². The highest BCUT2D eigenvalue weighted by Crippen LogP contribution is 2.38. The molecule has 39 heavy (non-hydrogen) atoms. The van der Waals surface area contributed by atoms with Crippen molar-refractivity contribution < 1.29 is 14.0 Å². The smallest absolute Gasteiger partial charge is 0.330 e. The summed E-state index contributed by atoms with van der Waals surface area (Å²) in [6.45, 7) is 14.4.